The fourth-order valence-electron chi connectivity index (χ4n) is 3.12. The number of hydrogen-bond acceptors (Lipinski definition) is 5. The third kappa shape index (κ3) is 4.73. The summed E-state index contributed by atoms with van der Waals surface area (Å²) in [6.45, 7) is 10.7. The lowest BCUT2D eigenvalue weighted by molar-refractivity contribution is -0.113. The molecule has 0 spiro atoms. The van der Waals surface area contributed by atoms with Crippen molar-refractivity contribution in [2.45, 2.75) is 59.2 Å². The van der Waals surface area contributed by atoms with E-state index in [0.29, 0.717) is 17.1 Å². The van der Waals surface area contributed by atoms with Crippen LogP contribution in [0.2, 0.25) is 0 Å². The van der Waals surface area contributed by atoms with Gasteiger partial charge in [0, 0.05) is 17.1 Å². The topological polar surface area (TPSA) is 64.0 Å². The minimum Gasteiger partial charge on any atom is -0.325 e. The maximum absolute atomic E-state index is 13.1. The molecule has 0 radical (unpaired) electrons. The van der Waals surface area contributed by atoms with Crippen LogP contribution in [0.3, 0.4) is 0 Å². The molecule has 0 atom stereocenters. The summed E-state index contributed by atoms with van der Waals surface area (Å²) in [6, 6.07) is 5.99. The molecule has 5 nitrogen and oxygen atoms in total. The number of nitrogens with one attached hydrogen (secondary N) is 1. The zero-order chi connectivity index (χ0) is 21.1. The van der Waals surface area contributed by atoms with Crippen molar-refractivity contribution < 1.29 is 4.79 Å². The number of carbonyl (C=O) groups excluding carboxylic acids is 1. The van der Waals surface area contributed by atoms with Gasteiger partial charge in [0.05, 0.1) is 11.1 Å². The van der Waals surface area contributed by atoms with E-state index in [0.717, 1.165) is 44.9 Å². The number of hydrogen-bond donors (Lipinski definition) is 1. The SMILES string of the molecule is CCCCn1c(SCC(=O)Nc2cc(C)ccc2C)nc2sc(C)c(C)c2c1=O. The van der Waals surface area contributed by atoms with Crippen LogP contribution in [0.25, 0.3) is 10.2 Å². The highest BCUT2D eigenvalue weighted by Gasteiger charge is 2.17. The second-order valence-electron chi connectivity index (χ2n) is 7.32. The predicted octanol–water partition coefficient (Wildman–Crippen LogP) is 5.22. The number of amides is 1. The number of fused-ring (bicyclic) bond motifs is 1. The normalized spacial score (nSPS) is 11.2. The van der Waals surface area contributed by atoms with Gasteiger partial charge in [-0.05, 0) is 56.9 Å². The molecule has 0 saturated heterocycles. The molecule has 0 aliphatic heterocycles. The Morgan fingerprint density at radius 3 is 2.72 bits per heavy atom. The Morgan fingerprint density at radius 1 is 1.24 bits per heavy atom. The van der Waals surface area contributed by atoms with Crippen molar-refractivity contribution in [1.82, 2.24) is 9.55 Å². The van der Waals surface area contributed by atoms with Crippen LogP contribution in [0.1, 0.15) is 41.3 Å². The molecule has 154 valence electrons. The number of thiophene rings is 1. The summed E-state index contributed by atoms with van der Waals surface area (Å²) >= 11 is 2.87. The molecule has 7 heteroatoms. The molecule has 2 heterocycles. The van der Waals surface area contributed by atoms with Crippen molar-refractivity contribution in [1.29, 1.82) is 0 Å². The summed E-state index contributed by atoms with van der Waals surface area (Å²) in [4.78, 5) is 32.3. The Balaban J connectivity index is 1.85. The Hall–Kier alpha value is -2.12. The molecule has 0 aliphatic rings. The van der Waals surface area contributed by atoms with Crippen molar-refractivity contribution in [3.8, 4) is 0 Å². The molecule has 0 fully saturated rings. The van der Waals surface area contributed by atoms with Crippen LogP contribution in [0.5, 0.6) is 0 Å². The minimum absolute atomic E-state index is 0.00253. The fraction of sp³-hybridized carbons (Fsp3) is 0.409. The highest BCUT2D eigenvalue weighted by Crippen LogP contribution is 2.28. The van der Waals surface area contributed by atoms with Gasteiger partial charge in [-0.1, -0.05) is 37.2 Å². The Morgan fingerprint density at radius 2 is 2.00 bits per heavy atom. The molecular formula is C22H27N3O2S2. The van der Waals surface area contributed by atoms with Gasteiger partial charge >= 0.3 is 0 Å². The smallest absolute Gasteiger partial charge is 0.263 e. The quantitative estimate of drug-likeness (QED) is 0.413. The van der Waals surface area contributed by atoms with Crippen molar-refractivity contribution in [3.63, 3.8) is 0 Å². The number of nitrogens with zero attached hydrogens (tertiary/aromatic N) is 2. The Bertz CT molecular complexity index is 1120. The average Bonchev–Trinajstić information content (AvgIpc) is 2.96. The standard InChI is InChI=1S/C22H27N3O2S2/c1-6-7-10-25-21(27)19-15(4)16(5)29-20(19)24-22(25)28-12-18(26)23-17-11-13(2)8-9-14(17)3/h8-9,11H,6-7,10,12H2,1-5H3,(H,23,26). The third-order valence-electron chi connectivity index (χ3n) is 4.99. The molecule has 3 rings (SSSR count). The maximum atomic E-state index is 13.1. The van der Waals surface area contributed by atoms with E-state index in [-0.39, 0.29) is 17.2 Å². The summed E-state index contributed by atoms with van der Waals surface area (Å²) in [5, 5.41) is 4.31. The first-order valence-electron chi connectivity index (χ1n) is 9.82. The summed E-state index contributed by atoms with van der Waals surface area (Å²) in [6.07, 6.45) is 1.89. The van der Waals surface area contributed by atoms with E-state index in [1.165, 1.54) is 11.8 Å². The number of aryl methyl sites for hydroxylation is 4. The Kier molecular flexibility index (Phi) is 6.80. The number of rotatable bonds is 7. The van der Waals surface area contributed by atoms with Crippen LogP contribution in [0.4, 0.5) is 5.69 Å². The average molecular weight is 430 g/mol. The van der Waals surface area contributed by atoms with Gasteiger partial charge in [0.1, 0.15) is 4.83 Å². The lowest BCUT2D eigenvalue weighted by atomic mass is 10.1. The van der Waals surface area contributed by atoms with Gasteiger partial charge < -0.3 is 5.32 Å². The molecule has 0 unspecified atom stereocenters. The van der Waals surface area contributed by atoms with E-state index in [4.69, 9.17) is 4.98 Å². The second-order valence-corrected chi connectivity index (χ2v) is 9.47. The van der Waals surface area contributed by atoms with Crippen molar-refractivity contribution in [2.75, 3.05) is 11.1 Å². The molecule has 0 bridgehead atoms. The molecule has 1 aromatic carbocycles. The Labute approximate surface area is 179 Å². The summed E-state index contributed by atoms with van der Waals surface area (Å²) in [5.41, 5.74) is 3.96. The van der Waals surface area contributed by atoms with Gasteiger partial charge in [0.15, 0.2) is 5.16 Å². The van der Waals surface area contributed by atoms with Crippen LogP contribution >= 0.6 is 23.1 Å². The first-order chi connectivity index (χ1) is 13.8. The van der Waals surface area contributed by atoms with E-state index in [2.05, 4.69) is 12.2 Å². The molecule has 1 amide bonds. The van der Waals surface area contributed by atoms with Gasteiger partial charge in [-0.15, -0.1) is 11.3 Å². The minimum atomic E-state index is -0.0985. The lowest BCUT2D eigenvalue weighted by Gasteiger charge is -2.12. The zero-order valence-corrected chi connectivity index (χ0v) is 19.2. The molecule has 0 aliphatic carbocycles. The van der Waals surface area contributed by atoms with Crippen molar-refractivity contribution in [3.05, 3.63) is 50.1 Å². The highest BCUT2D eigenvalue weighted by atomic mass is 32.2. The number of unbranched alkanes of at least 4 members (excludes halogenated alkanes) is 1. The third-order valence-corrected chi connectivity index (χ3v) is 7.07. The van der Waals surface area contributed by atoms with E-state index >= 15 is 0 Å². The van der Waals surface area contributed by atoms with E-state index in [1.807, 2.05) is 45.9 Å². The summed E-state index contributed by atoms with van der Waals surface area (Å²) in [5.74, 6) is 0.111. The molecular weight excluding hydrogens is 402 g/mol. The van der Waals surface area contributed by atoms with Crippen LogP contribution < -0.4 is 10.9 Å². The highest BCUT2D eigenvalue weighted by molar-refractivity contribution is 7.99. The number of benzene rings is 1. The van der Waals surface area contributed by atoms with E-state index in [1.54, 1.807) is 15.9 Å². The first-order valence-corrected chi connectivity index (χ1v) is 11.6. The van der Waals surface area contributed by atoms with Gasteiger partial charge in [0.25, 0.3) is 5.56 Å². The van der Waals surface area contributed by atoms with Crippen LogP contribution in [0, 0.1) is 27.7 Å². The second kappa shape index (κ2) is 9.13. The number of aromatic nitrogens is 2. The van der Waals surface area contributed by atoms with Crippen LogP contribution in [0.15, 0.2) is 28.2 Å². The largest absolute Gasteiger partial charge is 0.325 e. The summed E-state index contributed by atoms with van der Waals surface area (Å²) in [7, 11) is 0. The number of anilines is 1. The van der Waals surface area contributed by atoms with Crippen molar-refractivity contribution >= 4 is 44.9 Å². The van der Waals surface area contributed by atoms with Gasteiger partial charge in [0.2, 0.25) is 5.91 Å². The van der Waals surface area contributed by atoms with Crippen LogP contribution in [-0.4, -0.2) is 21.2 Å². The fourth-order valence-corrected chi connectivity index (χ4v) is 5.01. The van der Waals surface area contributed by atoms with E-state index < -0.39 is 0 Å². The van der Waals surface area contributed by atoms with Gasteiger partial charge in [-0.2, -0.15) is 0 Å². The molecule has 1 N–H and O–H groups in total. The number of carbonyl (C=O) groups is 1. The number of thioether (sulfide) groups is 1. The summed E-state index contributed by atoms with van der Waals surface area (Å²) < 4.78 is 1.74. The molecule has 3 aromatic rings. The van der Waals surface area contributed by atoms with E-state index in [9.17, 15) is 9.59 Å². The monoisotopic (exact) mass is 429 g/mol. The van der Waals surface area contributed by atoms with Gasteiger partial charge in [-0.25, -0.2) is 4.98 Å². The first kappa shape index (κ1) is 21.6. The maximum Gasteiger partial charge on any atom is 0.263 e. The lowest BCUT2D eigenvalue weighted by Crippen LogP contribution is -2.24. The van der Waals surface area contributed by atoms with Crippen molar-refractivity contribution in [2.24, 2.45) is 0 Å². The molecule has 0 saturated carbocycles. The molecule has 2 aromatic heterocycles. The molecule has 29 heavy (non-hydrogen) atoms. The van der Waals surface area contributed by atoms with Crippen LogP contribution in [-0.2, 0) is 11.3 Å². The zero-order valence-electron chi connectivity index (χ0n) is 17.6. The van der Waals surface area contributed by atoms with Gasteiger partial charge in [-0.3, -0.25) is 14.2 Å². The predicted molar refractivity (Wildman–Crippen MR) is 124 cm³/mol.